The molecule has 0 bridgehead atoms. The number of likely N-dealkylation sites (N-methyl/N-ethyl adjacent to an activating group) is 1. The summed E-state index contributed by atoms with van der Waals surface area (Å²) < 4.78 is 11.4. The lowest BCUT2D eigenvalue weighted by Crippen LogP contribution is -2.53. The summed E-state index contributed by atoms with van der Waals surface area (Å²) in [5.74, 6) is 0.888. The number of nitrogens with zero attached hydrogens (tertiary/aromatic N) is 2. The number of amides is 2. The Kier molecular flexibility index (Phi) is 5.55. The minimum atomic E-state index is 0.0219. The molecule has 2 saturated heterocycles. The summed E-state index contributed by atoms with van der Waals surface area (Å²) in [5.41, 5.74) is 0. The first-order valence-electron chi connectivity index (χ1n) is 8.65. The molecule has 3 aliphatic rings. The van der Waals surface area contributed by atoms with Crippen molar-refractivity contribution in [3.63, 3.8) is 0 Å². The van der Waals surface area contributed by atoms with Crippen molar-refractivity contribution in [1.82, 2.24) is 15.1 Å². The second-order valence-corrected chi connectivity index (χ2v) is 6.92. The smallest absolute Gasteiger partial charge is 0.317 e. The summed E-state index contributed by atoms with van der Waals surface area (Å²) in [4.78, 5) is 16.5. The van der Waals surface area contributed by atoms with E-state index in [9.17, 15) is 4.79 Å². The van der Waals surface area contributed by atoms with Crippen molar-refractivity contribution in [3.8, 4) is 0 Å². The number of morpholine rings is 1. The van der Waals surface area contributed by atoms with Crippen LogP contribution < -0.4 is 5.32 Å². The molecule has 0 radical (unpaired) electrons. The number of hydrogen-bond acceptors (Lipinski definition) is 4. The molecule has 1 saturated carbocycles. The van der Waals surface area contributed by atoms with Crippen LogP contribution in [0.2, 0.25) is 0 Å². The topological polar surface area (TPSA) is 54.0 Å². The van der Waals surface area contributed by atoms with E-state index in [0.29, 0.717) is 26.2 Å². The first kappa shape index (κ1) is 16.0. The van der Waals surface area contributed by atoms with Gasteiger partial charge in [0.2, 0.25) is 0 Å². The van der Waals surface area contributed by atoms with Gasteiger partial charge >= 0.3 is 6.03 Å². The first-order valence-corrected chi connectivity index (χ1v) is 8.65. The Labute approximate surface area is 133 Å². The summed E-state index contributed by atoms with van der Waals surface area (Å²) in [5, 5.41) is 3.00. The number of carbonyl (C=O) groups excluding carboxylic acids is 1. The Balaban J connectivity index is 1.37. The summed E-state index contributed by atoms with van der Waals surface area (Å²) in [7, 11) is 2.15. The molecule has 6 nitrogen and oxygen atoms in total. The number of hydrogen-bond donors (Lipinski definition) is 1. The zero-order valence-electron chi connectivity index (χ0n) is 13.6. The average Bonchev–Trinajstić information content (AvgIpc) is 3.16. The molecule has 2 atom stereocenters. The number of ether oxygens (including phenoxy) is 2. The molecule has 1 aliphatic carbocycles. The predicted molar refractivity (Wildman–Crippen MR) is 83.9 cm³/mol. The molecule has 22 heavy (non-hydrogen) atoms. The molecule has 2 heterocycles. The summed E-state index contributed by atoms with van der Waals surface area (Å²) in [6.45, 7) is 5.52. The maximum absolute atomic E-state index is 12.3. The number of rotatable bonds is 6. The molecule has 0 spiro atoms. The Morgan fingerprint density at radius 1 is 1.18 bits per heavy atom. The highest BCUT2D eigenvalue weighted by molar-refractivity contribution is 5.74. The van der Waals surface area contributed by atoms with Crippen LogP contribution in [0.3, 0.4) is 0 Å². The molecule has 2 aliphatic heterocycles. The molecule has 0 aromatic rings. The normalized spacial score (nSPS) is 29.1. The highest BCUT2D eigenvalue weighted by atomic mass is 16.5. The van der Waals surface area contributed by atoms with Gasteiger partial charge in [0.15, 0.2) is 0 Å². The van der Waals surface area contributed by atoms with Crippen LogP contribution in [0.15, 0.2) is 0 Å². The fraction of sp³-hybridized carbons (Fsp3) is 0.938. The maximum atomic E-state index is 12.3. The van der Waals surface area contributed by atoms with Crippen molar-refractivity contribution in [2.24, 2.45) is 5.92 Å². The van der Waals surface area contributed by atoms with E-state index in [1.54, 1.807) is 0 Å². The largest absolute Gasteiger partial charge is 0.376 e. The van der Waals surface area contributed by atoms with Crippen molar-refractivity contribution in [2.75, 3.05) is 53.0 Å². The molecule has 126 valence electrons. The van der Waals surface area contributed by atoms with E-state index in [2.05, 4.69) is 17.3 Å². The van der Waals surface area contributed by atoms with Gasteiger partial charge in [-0.2, -0.15) is 0 Å². The van der Waals surface area contributed by atoms with Gasteiger partial charge < -0.3 is 24.6 Å². The van der Waals surface area contributed by atoms with Crippen molar-refractivity contribution in [1.29, 1.82) is 0 Å². The van der Waals surface area contributed by atoms with Gasteiger partial charge in [-0.15, -0.1) is 0 Å². The minimum Gasteiger partial charge on any atom is -0.376 e. The van der Waals surface area contributed by atoms with Crippen LogP contribution in [-0.2, 0) is 9.47 Å². The lowest BCUT2D eigenvalue weighted by Gasteiger charge is -2.35. The molecule has 3 rings (SSSR count). The minimum absolute atomic E-state index is 0.0219. The van der Waals surface area contributed by atoms with Gasteiger partial charge in [-0.05, 0) is 38.6 Å². The van der Waals surface area contributed by atoms with E-state index in [1.807, 2.05) is 4.90 Å². The van der Waals surface area contributed by atoms with Crippen LogP contribution >= 0.6 is 0 Å². The van der Waals surface area contributed by atoms with Gasteiger partial charge in [-0.1, -0.05) is 0 Å². The molecule has 0 unspecified atom stereocenters. The fourth-order valence-electron chi connectivity index (χ4n) is 3.30. The molecule has 2 amide bonds. The van der Waals surface area contributed by atoms with Crippen molar-refractivity contribution >= 4 is 6.03 Å². The standard InChI is InChI=1S/C16H29N3O3/c1-18(10-13-4-5-13)11-15-12-19(6-8-22-15)16(20)17-9-14-3-2-7-21-14/h13-15H,2-12H2,1H3,(H,17,20)/t14-,15-/m0/s1. The van der Waals surface area contributed by atoms with Crippen molar-refractivity contribution in [2.45, 2.75) is 37.9 Å². The number of urea groups is 1. The number of carbonyl (C=O) groups is 1. The molecular formula is C16H29N3O3. The monoisotopic (exact) mass is 311 g/mol. The first-order chi connectivity index (χ1) is 10.7. The van der Waals surface area contributed by atoms with Gasteiger partial charge in [0, 0.05) is 39.3 Å². The molecule has 0 aromatic carbocycles. The van der Waals surface area contributed by atoms with Gasteiger partial charge in [0.05, 0.1) is 18.8 Å². The van der Waals surface area contributed by atoms with Crippen LogP contribution in [0.1, 0.15) is 25.7 Å². The van der Waals surface area contributed by atoms with E-state index in [1.165, 1.54) is 12.8 Å². The van der Waals surface area contributed by atoms with Crippen molar-refractivity contribution in [3.05, 3.63) is 0 Å². The highest BCUT2D eigenvalue weighted by Gasteiger charge is 2.28. The molecule has 3 fully saturated rings. The Morgan fingerprint density at radius 2 is 2.00 bits per heavy atom. The van der Waals surface area contributed by atoms with E-state index in [4.69, 9.17) is 9.47 Å². The Bertz CT molecular complexity index is 370. The van der Waals surface area contributed by atoms with E-state index >= 15 is 0 Å². The van der Waals surface area contributed by atoms with Gasteiger partial charge in [-0.25, -0.2) is 4.79 Å². The average molecular weight is 311 g/mol. The quantitative estimate of drug-likeness (QED) is 0.792. The third-order valence-corrected chi connectivity index (χ3v) is 4.71. The van der Waals surface area contributed by atoms with Gasteiger partial charge in [-0.3, -0.25) is 0 Å². The Hall–Kier alpha value is -0.850. The fourth-order valence-corrected chi connectivity index (χ4v) is 3.30. The Morgan fingerprint density at radius 3 is 2.73 bits per heavy atom. The van der Waals surface area contributed by atoms with Gasteiger partial charge in [0.25, 0.3) is 0 Å². The van der Waals surface area contributed by atoms with E-state index in [-0.39, 0.29) is 18.2 Å². The molecule has 6 heteroatoms. The zero-order chi connectivity index (χ0) is 15.4. The summed E-state index contributed by atoms with van der Waals surface area (Å²) in [6.07, 6.45) is 5.23. The van der Waals surface area contributed by atoms with E-state index < -0.39 is 0 Å². The second kappa shape index (κ2) is 7.62. The van der Waals surface area contributed by atoms with E-state index in [0.717, 1.165) is 38.5 Å². The van der Waals surface area contributed by atoms with Gasteiger partial charge in [0.1, 0.15) is 0 Å². The van der Waals surface area contributed by atoms with Crippen molar-refractivity contribution < 1.29 is 14.3 Å². The maximum Gasteiger partial charge on any atom is 0.317 e. The van der Waals surface area contributed by atoms with Crippen LogP contribution in [0, 0.1) is 5.92 Å². The summed E-state index contributed by atoms with van der Waals surface area (Å²) in [6, 6.07) is 0.0219. The second-order valence-electron chi connectivity index (χ2n) is 6.92. The highest BCUT2D eigenvalue weighted by Crippen LogP contribution is 2.29. The molecular weight excluding hydrogens is 282 g/mol. The van der Waals surface area contributed by atoms with Crippen LogP contribution in [0.4, 0.5) is 4.79 Å². The third-order valence-electron chi connectivity index (χ3n) is 4.71. The van der Waals surface area contributed by atoms with Crippen LogP contribution in [-0.4, -0.2) is 81.0 Å². The number of nitrogens with one attached hydrogen (secondary N) is 1. The van der Waals surface area contributed by atoms with Crippen LogP contribution in [0.25, 0.3) is 0 Å². The molecule has 1 N–H and O–H groups in total. The predicted octanol–water partition coefficient (Wildman–Crippen LogP) is 0.918. The zero-order valence-corrected chi connectivity index (χ0v) is 13.6. The SMILES string of the molecule is CN(CC1CC1)C[C@H]1CN(C(=O)NC[C@@H]2CCCO2)CCO1. The third kappa shape index (κ3) is 4.83. The molecule has 0 aromatic heterocycles. The lowest BCUT2D eigenvalue weighted by molar-refractivity contribution is -0.0280. The summed E-state index contributed by atoms with van der Waals surface area (Å²) >= 11 is 0. The van der Waals surface area contributed by atoms with Crippen LogP contribution in [0.5, 0.6) is 0 Å². The lowest BCUT2D eigenvalue weighted by atomic mass is 10.2.